The minimum absolute atomic E-state index is 0.0604. The highest BCUT2D eigenvalue weighted by atomic mass is 32.1. The van der Waals surface area contributed by atoms with Crippen LogP contribution >= 0.6 is 11.3 Å². The number of methoxy groups -OCH3 is 1. The van der Waals surface area contributed by atoms with Gasteiger partial charge in [0.1, 0.15) is 6.61 Å². The lowest BCUT2D eigenvalue weighted by Gasteiger charge is -2.29. The second-order valence-corrected chi connectivity index (χ2v) is 6.17. The molecule has 1 N–H and O–H groups in total. The fraction of sp³-hybridized carbons (Fsp3) is 0.294. The molecular weight excluding hydrogens is 312 g/mol. The highest BCUT2D eigenvalue weighted by Crippen LogP contribution is 2.30. The van der Waals surface area contributed by atoms with Crippen LogP contribution in [0.1, 0.15) is 22.3 Å². The van der Waals surface area contributed by atoms with Crippen LogP contribution in [0.25, 0.3) is 0 Å². The molecule has 0 atom stereocenters. The Bertz CT molecular complexity index is 713. The first-order chi connectivity index (χ1) is 11.2. The van der Waals surface area contributed by atoms with Gasteiger partial charge in [-0.25, -0.2) is 0 Å². The Hall–Kier alpha value is -2.18. The van der Waals surface area contributed by atoms with Crippen molar-refractivity contribution in [3.8, 4) is 0 Å². The summed E-state index contributed by atoms with van der Waals surface area (Å²) in [6.45, 7) is 0.738. The van der Waals surface area contributed by atoms with Gasteiger partial charge in [0.05, 0.1) is 5.56 Å². The van der Waals surface area contributed by atoms with Crippen molar-refractivity contribution < 1.29 is 14.3 Å². The molecule has 0 radical (unpaired) electrons. The monoisotopic (exact) mass is 330 g/mol. The van der Waals surface area contributed by atoms with Gasteiger partial charge in [0.25, 0.3) is 11.8 Å². The third-order valence-electron chi connectivity index (χ3n) is 3.81. The second-order valence-electron chi connectivity index (χ2n) is 5.39. The van der Waals surface area contributed by atoms with Gasteiger partial charge in [-0.1, -0.05) is 6.07 Å². The molecule has 0 saturated heterocycles. The number of carbonyl (C=O) groups is 2. The van der Waals surface area contributed by atoms with E-state index in [1.807, 2.05) is 29.0 Å². The summed E-state index contributed by atoms with van der Waals surface area (Å²) in [7, 11) is 1.51. The Morgan fingerprint density at radius 2 is 2.22 bits per heavy atom. The smallest absolute Gasteiger partial charge is 0.256 e. The SMILES string of the molecule is COCC(=O)N1CCCc2ccc(NC(=O)c3ccsc3)cc21. The molecule has 0 unspecified atom stereocenters. The van der Waals surface area contributed by atoms with Gasteiger partial charge >= 0.3 is 0 Å². The molecule has 0 spiro atoms. The number of aryl methyl sites for hydroxylation is 1. The minimum atomic E-state index is -0.142. The molecule has 1 aromatic heterocycles. The van der Waals surface area contributed by atoms with Crippen molar-refractivity contribution in [1.29, 1.82) is 0 Å². The standard InChI is InChI=1S/C17H18N2O3S/c1-22-10-16(20)19-7-2-3-12-4-5-14(9-15(12)19)18-17(21)13-6-8-23-11-13/h4-6,8-9,11H,2-3,7,10H2,1H3,(H,18,21). The topological polar surface area (TPSA) is 58.6 Å². The molecule has 1 aromatic carbocycles. The normalized spacial score (nSPS) is 13.5. The van der Waals surface area contributed by atoms with Crippen molar-refractivity contribution in [2.75, 3.05) is 30.5 Å². The highest BCUT2D eigenvalue weighted by Gasteiger charge is 2.23. The molecule has 1 aliphatic rings. The maximum atomic E-state index is 12.2. The van der Waals surface area contributed by atoms with Crippen molar-refractivity contribution >= 4 is 34.5 Å². The largest absolute Gasteiger partial charge is 0.375 e. The molecule has 6 heteroatoms. The quantitative estimate of drug-likeness (QED) is 0.938. The zero-order chi connectivity index (χ0) is 16.2. The lowest BCUT2D eigenvalue weighted by atomic mass is 10.0. The van der Waals surface area contributed by atoms with E-state index in [9.17, 15) is 9.59 Å². The van der Waals surface area contributed by atoms with Crippen LogP contribution in [0, 0.1) is 0 Å². The first-order valence-corrected chi connectivity index (χ1v) is 8.39. The summed E-state index contributed by atoms with van der Waals surface area (Å²) < 4.78 is 4.96. The molecule has 120 valence electrons. The van der Waals surface area contributed by atoms with E-state index in [4.69, 9.17) is 4.74 Å². The number of benzene rings is 1. The van der Waals surface area contributed by atoms with E-state index >= 15 is 0 Å². The van der Waals surface area contributed by atoms with E-state index in [0.717, 1.165) is 24.1 Å². The summed E-state index contributed by atoms with van der Waals surface area (Å²) in [4.78, 5) is 26.1. The number of carbonyl (C=O) groups excluding carboxylic acids is 2. The maximum Gasteiger partial charge on any atom is 0.256 e. The van der Waals surface area contributed by atoms with E-state index in [0.29, 0.717) is 17.8 Å². The third kappa shape index (κ3) is 3.43. The van der Waals surface area contributed by atoms with Crippen LogP contribution in [0.5, 0.6) is 0 Å². The summed E-state index contributed by atoms with van der Waals surface area (Å²) in [5, 5.41) is 6.56. The van der Waals surface area contributed by atoms with Crippen LogP contribution in [-0.4, -0.2) is 32.1 Å². The second kappa shape index (κ2) is 6.93. The number of ether oxygens (including phenoxy) is 1. The molecule has 2 aromatic rings. The van der Waals surface area contributed by atoms with E-state index in [2.05, 4.69) is 5.32 Å². The lowest BCUT2D eigenvalue weighted by molar-refractivity contribution is -0.122. The first-order valence-electron chi connectivity index (χ1n) is 7.45. The van der Waals surface area contributed by atoms with Gasteiger partial charge in [-0.05, 0) is 42.0 Å². The molecule has 3 rings (SSSR count). The molecule has 2 amide bonds. The van der Waals surface area contributed by atoms with Crippen LogP contribution in [0.15, 0.2) is 35.0 Å². The van der Waals surface area contributed by atoms with E-state index < -0.39 is 0 Å². The van der Waals surface area contributed by atoms with E-state index in [1.54, 1.807) is 11.0 Å². The van der Waals surface area contributed by atoms with Gasteiger partial charge in [-0.15, -0.1) is 0 Å². The van der Waals surface area contributed by atoms with Crippen molar-refractivity contribution in [3.63, 3.8) is 0 Å². The average molecular weight is 330 g/mol. The molecular formula is C17H18N2O3S. The predicted molar refractivity (Wildman–Crippen MR) is 91.3 cm³/mol. The number of nitrogens with one attached hydrogen (secondary N) is 1. The van der Waals surface area contributed by atoms with Crippen molar-refractivity contribution in [1.82, 2.24) is 0 Å². The number of amides is 2. The lowest BCUT2D eigenvalue weighted by Crippen LogP contribution is -2.37. The Morgan fingerprint density at radius 3 is 2.96 bits per heavy atom. The summed E-state index contributed by atoms with van der Waals surface area (Å²) >= 11 is 1.48. The fourth-order valence-electron chi connectivity index (χ4n) is 2.71. The molecule has 5 nitrogen and oxygen atoms in total. The van der Waals surface area contributed by atoms with Crippen LogP contribution in [0.3, 0.4) is 0 Å². The third-order valence-corrected chi connectivity index (χ3v) is 4.50. The molecule has 0 bridgehead atoms. The Balaban J connectivity index is 1.83. The number of anilines is 2. The van der Waals surface area contributed by atoms with Gasteiger partial charge in [0, 0.05) is 30.4 Å². The summed E-state index contributed by atoms with van der Waals surface area (Å²) in [5.41, 5.74) is 3.31. The van der Waals surface area contributed by atoms with E-state index in [-0.39, 0.29) is 18.4 Å². The summed E-state index contributed by atoms with van der Waals surface area (Å²) in [5.74, 6) is -0.202. The van der Waals surface area contributed by atoms with Gasteiger partial charge in [0.15, 0.2) is 0 Å². The number of rotatable bonds is 4. The molecule has 23 heavy (non-hydrogen) atoms. The zero-order valence-electron chi connectivity index (χ0n) is 12.9. The molecule has 1 aliphatic heterocycles. The number of hydrogen-bond donors (Lipinski definition) is 1. The number of fused-ring (bicyclic) bond motifs is 1. The Kier molecular flexibility index (Phi) is 4.73. The molecule has 0 saturated carbocycles. The highest BCUT2D eigenvalue weighted by molar-refractivity contribution is 7.08. The van der Waals surface area contributed by atoms with Crippen LogP contribution in [0.2, 0.25) is 0 Å². The molecule has 0 fully saturated rings. The first kappa shape index (κ1) is 15.7. The number of thiophene rings is 1. The predicted octanol–water partition coefficient (Wildman–Crippen LogP) is 2.93. The minimum Gasteiger partial charge on any atom is -0.375 e. The van der Waals surface area contributed by atoms with Crippen molar-refractivity contribution in [2.24, 2.45) is 0 Å². The van der Waals surface area contributed by atoms with Crippen LogP contribution < -0.4 is 10.2 Å². The summed E-state index contributed by atoms with van der Waals surface area (Å²) in [6, 6.07) is 7.51. The van der Waals surface area contributed by atoms with Crippen molar-refractivity contribution in [2.45, 2.75) is 12.8 Å². The number of nitrogens with zero attached hydrogens (tertiary/aromatic N) is 1. The van der Waals surface area contributed by atoms with E-state index in [1.165, 1.54) is 18.4 Å². The summed E-state index contributed by atoms with van der Waals surface area (Å²) in [6.07, 6.45) is 1.87. The van der Waals surface area contributed by atoms with Gasteiger partial charge in [-0.2, -0.15) is 11.3 Å². The zero-order valence-corrected chi connectivity index (χ0v) is 13.7. The van der Waals surface area contributed by atoms with Gasteiger partial charge < -0.3 is 15.0 Å². The molecule has 2 heterocycles. The Morgan fingerprint density at radius 1 is 1.35 bits per heavy atom. The average Bonchev–Trinajstić information content (AvgIpc) is 3.09. The Labute approximate surface area is 138 Å². The van der Waals surface area contributed by atoms with Gasteiger partial charge in [-0.3, -0.25) is 9.59 Å². The molecule has 0 aliphatic carbocycles. The maximum absolute atomic E-state index is 12.2. The van der Waals surface area contributed by atoms with Gasteiger partial charge in [0.2, 0.25) is 0 Å². The number of hydrogen-bond acceptors (Lipinski definition) is 4. The van der Waals surface area contributed by atoms with Crippen molar-refractivity contribution in [3.05, 3.63) is 46.2 Å². The fourth-order valence-corrected chi connectivity index (χ4v) is 3.35. The van der Waals surface area contributed by atoms with Crippen LogP contribution in [0.4, 0.5) is 11.4 Å². The van der Waals surface area contributed by atoms with Crippen LogP contribution in [-0.2, 0) is 16.0 Å².